The highest BCUT2D eigenvalue weighted by molar-refractivity contribution is 6.31. The van der Waals surface area contributed by atoms with Gasteiger partial charge in [-0.2, -0.15) is 0 Å². The van der Waals surface area contributed by atoms with Crippen molar-refractivity contribution >= 4 is 23.5 Å². The van der Waals surface area contributed by atoms with Crippen LogP contribution >= 0.6 is 11.6 Å². The molecule has 2 aliphatic rings. The van der Waals surface area contributed by atoms with Crippen LogP contribution in [0, 0.1) is 0 Å². The van der Waals surface area contributed by atoms with E-state index in [0.29, 0.717) is 6.54 Å². The largest absolute Gasteiger partial charge is 0.347 e. The Balaban J connectivity index is 1.71. The van der Waals surface area contributed by atoms with Gasteiger partial charge in [0.2, 0.25) is 5.91 Å². The Morgan fingerprint density at radius 2 is 2.26 bits per heavy atom. The van der Waals surface area contributed by atoms with Gasteiger partial charge in [-0.25, -0.2) is 4.79 Å². The molecule has 0 aromatic heterocycles. The normalized spacial score (nSPS) is 24.6. The SMILES string of the molecule is O=C1NC[C@@H](C(=O)N[C@@H]2CCc3c(Cl)cccc32)N1. The molecule has 19 heavy (non-hydrogen) atoms. The molecule has 1 heterocycles. The third-order valence-corrected chi connectivity index (χ3v) is 3.97. The molecular weight excluding hydrogens is 266 g/mol. The summed E-state index contributed by atoms with van der Waals surface area (Å²) in [5.41, 5.74) is 2.20. The topological polar surface area (TPSA) is 70.2 Å². The van der Waals surface area contributed by atoms with E-state index in [1.165, 1.54) is 0 Å². The Bertz CT molecular complexity index is 547. The van der Waals surface area contributed by atoms with Crippen LogP contribution in [-0.2, 0) is 11.2 Å². The molecule has 100 valence electrons. The summed E-state index contributed by atoms with van der Waals surface area (Å²) in [6.07, 6.45) is 1.72. The van der Waals surface area contributed by atoms with E-state index in [-0.39, 0.29) is 18.0 Å². The van der Waals surface area contributed by atoms with Crippen LogP contribution in [0.1, 0.15) is 23.6 Å². The highest BCUT2D eigenvalue weighted by Crippen LogP contribution is 2.35. The molecule has 0 bridgehead atoms. The van der Waals surface area contributed by atoms with Gasteiger partial charge in [-0.3, -0.25) is 4.79 Å². The molecule has 1 aromatic carbocycles. The van der Waals surface area contributed by atoms with Crippen LogP contribution in [-0.4, -0.2) is 24.5 Å². The van der Waals surface area contributed by atoms with Crippen molar-refractivity contribution in [2.75, 3.05) is 6.54 Å². The minimum atomic E-state index is -0.490. The van der Waals surface area contributed by atoms with Gasteiger partial charge in [0, 0.05) is 11.6 Å². The van der Waals surface area contributed by atoms with Gasteiger partial charge in [0.15, 0.2) is 0 Å². The predicted molar refractivity (Wildman–Crippen MR) is 71.0 cm³/mol. The minimum absolute atomic E-state index is 0.0151. The van der Waals surface area contributed by atoms with Gasteiger partial charge < -0.3 is 16.0 Å². The average Bonchev–Trinajstić information content (AvgIpc) is 2.98. The molecule has 1 aliphatic carbocycles. The van der Waals surface area contributed by atoms with Crippen molar-refractivity contribution in [2.24, 2.45) is 0 Å². The summed E-state index contributed by atoms with van der Waals surface area (Å²) >= 11 is 6.14. The van der Waals surface area contributed by atoms with Crippen molar-refractivity contribution in [2.45, 2.75) is 24.9 Å². The summed E-state index contributed by atoms with van der Waals surface area (Å²) in [7, 11) is 0. The zero-order chi connectivity index (χ0) is 13.4. The Hall–Kier alpha value is -1.75. The molecule has 1 saturated heterocycles. The highest BCUT2D eigenvalue weighted by atomic mass is 35.5. The van der Waals surface area contributed by atoms with Crippen molar-refractivity contribution in [3.8, 4) is 0 Å². The van der Waals surface area contributed by atoms with Crippen molar-refractivity contribution in [1.29, 1.82) is 0 Å². The summed E-state index contributed by atoms with van der Waals surface area (Å²) in [6, 6.07) is 4.95. The van der Waals surface area contributed by atoms with E-state index < -0.39 is 6.04 Å². The summed E-state index contributed by atoms with van der Waals surface area (Å²) in [6.45, 7) is 0.333. The third kappa shape index (κ3) is 2.26. The summed E-state index contributed by atoms with van der Waals surface area (Å²) in [5, 5.41) is 8.87. The zero-order valence-electron chi connectivity index (χ0n) is 10.2. The number of benzene rings is 1. The zero-order valence-corrected chi connectivity index (χ0v) is 11.0. The van der Waals surface area contributed by atoms with Crippen LogP contribution < -0.4 is 16.0 Å². The fraction of sp³-hybridized carbons (Fsp3) is 0.385. The number of nitrogens with one attached hydrogen (secondary N) is 3. The van der Waals surface area contributed by atoms with Gasteiger partial charge >= 0.3 is 6.03 Å². The molecule has 0 saturated carbocycles. The van der Waals surface area contributed by atoms with Crippen LogP contribution in [0.4, 0.5) is 4.79 Å². The molecule has 1 fully saturated rings. The highest BCUT2D eigenvalue weighted by Gasteiger charge is 2.31. The number of fused-ring (bicyclic) bond motifs is 1. The van der Waals surface area contributed by atoms with E-state index in [9.17, 15) is 9.59 Å². The molecule has 6 heteroatoms. The van der Waals surface area contributed by atoms with Gasteiger partial charge in [-0.05, 0) is 30.0 Å². The van der Waals surface area contributed by atoms with Crippen molar-refractivity contribution in [3.05, 3.63) is 34.3 Å². The number of hydrogen-bond acceptors (Lipinski definition) is 2. The lowest BCUT2D eigenvalue weighted by atomic mass is 10.1. The maximum atomic E-state index is 12.0. The number of rotatable bonds is 2. The second-order valence-electron chi connectivity index (χ2n) is 4.81. The lowest BCUT2D eigenvalue weighted by Crippen LogP contribution is -2.43. The summed E-state index contributed by atoms with van der Waals surface area (Å²) in [5.74, 6) is -0.156. The number of halogens is 1. The van der Waals surface area contributed by atoms with Crippen LogP contribution in [0.5, 0.6) is 0 Å². The van der Waals surface area contributed by atoms with E-state index in [0.717, 1.165) is 29.0 Å². The molecule has 2 atom stereocenters. The first kappa shape index (κ1) is 12.3. The standard InChI is InChI=1S/C13H14ClN3O2/c14-9-3-1-2-8-7(9)4-5-10(8)16-12(18)11-6-15-13(19)17-11/h1-3,10-11H,4-6H2,(H,16,18)(H2,15,17,19)/t10-,11+/m1/s1. The van der Waals surface area contributed by atoms with Gasteiger partial charge in [0.1, 0.15) is 6.04 Å². The van der Waals surface area contributed by atoms with E-state index in [1.807, 2.05) is 18.2 Å². The van der Waals surface area contributed by atoms with E-state index in [1.54, 1.807) is 0 Å². The number of urea groups is 1. The number of carbonyl (C=O) groups is 2. The summed E-state index contributed by atoms with van der Waals surface area (Å²) in [4.78, 5) is 23.1. The smallest absolute Gasteiger partial charge is 0.315 e. The van der Waals surface area contributed by atoms with Gasteiger partial charge in [-0.1, -0.05) is 23.7 Å². The lowest BCUT2D eigenvalue weighted by Gasteiger charge is -2.17. The summed E-state index contributed by atoms with van der Waals surface area (Å²) < 4.78 is 0. The molecule has 1 aromatic rings. The fourth-order valence-corrected chi connectivity index (χ4v) is 2.92. The van der Waals surface area contributed by atoms with Gasteiger partial charge in [-0.15, -0.1) is 0 Å². The van der Waals surface area contributed by atoms with E-state index >= 15 is 0 Å². The van der Waals surface area contributed by atoms with Crippen molar-refractivity contribution < 1.29 is 9.59 Å². The maximum absolute atomic E-state index is 12.0. The van der Waals surface area contributed by atoms with Crippen LogP contribution in [0.3, 0.4) is 0 Å². The molecule has 0 unspecified atom stereocenters. The molecule has 0 radical (unpaired) electrons. The molecule has 3 amide bonds. The molecule has 3 N–H and O–H groups in total. The Kier molecular flexibility index (Phi) is 3.06. The Morgan fingerprint density at radius 3 is 3.00 bits per heavy atom. The average molecular weight is 280 g/mol. The van der Waals surface area contributed by atoms with Crippen molar-refractivity contribution in [1.82, 2.24) is 16.0 Å². The number of carbonyl (C=O) groups excluding carboxylic acids is 2. The second kappa shape index (κ2) is 4.74. The molecule has 1 aliphatic heterocycles. The molecule has 3 rings (SSSR count). The quantitative estimate of drug-likeness (QED) is 0.759. The Labute approximate surface area is 115 Å². The third-order valence-electron chi connectivity index (χ3n) is 3.62. The lowest BCUT2D eigenvalue weighted by molar-refractivity contribution is -0.123. The monoisotopic (exact) mass is 279 g/mol. The fourth-order valence-electron chi connectivity index (χ4n) is 2.65. The first-order valence-corrected chi connectivity index (χ1v) is 6.65. The first-order valence-electron chi connectivity index (χ1n) is 6.27. The number of hydrogen-bond donors (Lipinski definition) is 3. The van der Waals surface area contributed by atoms with Crippen LogP contribution in [0.25, 0.3) is 0 Å². The van der Waals surface area contributed by atoms with E-state index in [4.69, 9.17) is 11.6 Å². The van der Waals surface area contributed by atoms with E-state index in [2.05, 4.69) is 16.0 Å². The van der Waals surface area contributed by atoms with Crippen LogP contribution in [0.2, 0.25) is 5.02 Å². The second-order valence-corrected chi connectivity index (χ2v) is 5.22. The van der Waals surface area contributed by atoms with Crippen LogP contribution in [0.15, 0.2) is 18.2 Å². The number of amides is 3. The predicted octanol–water partition coefficient (Wildman–Crippen LogP) is 1.12. The molecule has 0 spiro atoms. The molecule has 5 nitrogen and oxygen atoms in total. The van der Waals surface area contributed by atoms with Gasteiger partial charge in [0.25, 0.3) is 0 Å². The Morgan fingerprint density at radius 1 is 1.42 bits per heavy atom. The van der Waals surface area contributed by atoms with Gasteiger partial charge in [0.05, 0.1) is 6.04 Å². The first-order chi connectivity index (χ1) is 9.15. The van der Waals surface area contributed by atoms with Crippen molar-refractivity contribution in [3.63, 3.8) is 0 Å². The minimum Gasteiger partial charge on any atom is -0.347 e. The maximum Gasteiger partial charge on any atom is 0.315 e. The molecular formula is C13H14ClN3O2.